The maximum atomic E-state index is 12.0. The van der Waals surface area contributed by atoms with E-state index in [1.165, 1.54) is 7.11 Å². The molecule has 0 aromatic heterocycles. The lowest BCUT2D eigenvalue weighted by atomic mass is 9.86. The average Bonchev–Trinajstić information content (AvgIpc) is 2.39. The fourth-order valence-electron chi connectivity index (χ4n) is 2.41. The molecule has 0 unspecified atom stereocenters. The minimum Gasteiger partial charge on any atom is -0.469 e. The molecular weight excluding hydrogens is 280 g/mol. The molecule has 1 N–H and O–H groups in total. The first-order chi connectivity index (χ1) is 9.43. The van der Waals surface area contributed by atoms with Gasteiger partial charge in [-0.25, -0.2) is 8.42 Å². The van der Waals surface area contributed by atoms with Gasteiger partial charge >= 0.3 is 5.97 Å². The van der Waals surface area contributed by atoms with E-state index >= 15 is 0 Å². The molecule has 0 radical (unpaired) electrons. The molecular formula is C13H22N2O4S. The number of nitrogens with one attached hydrogen (secondary N) is 1. The van der Waals surface area contributed by atoms with E-state index in [4.69, 9.17) is 0 Å². The zero-order chi connectivity index (χ0) is 15.1. The molecule has 7 heteroatoms. The van der Waals surface area contributed by atoms with Crippen LogP contribution in [0.1, 0.15) is 51.4 Å². The summed E-state index contributed by atoms with van der Waals surface area (Å²) < 4.78 is 31.0. The van der Waals surface area contributed by atoms with Gasteiger partial charge in [-0.1, -0.05) is 32.1 Å². The van der Waals surface area contributed by atoms with E-state index in [2.05, 4.69) is 15.5 Å². The Labute approximate surface area is 120 Å². The van der Waals surface area contributed by atoms with Crippen molar-refractivity contribution < 1.29 is 17.9 Å². The summed E-state index contributed by atoms with van der Waals surface area (Å²) >= 11 is 0. The van der Waals surface area contributed by atoms with Crippen molar-refractivity contribution in [1.29, 1.82) is 5.26 Å². The molecule has 0 aromatic rings. The van der Waals surface area contributed by atoms with E-state index in [-0.39, 0.29) is 12.2 Å². The number of esters is 1. The van der Waals surface area contributed by atoms with Gasteiger partial charge in [0.2, 0.25) is 10.0 Å². The number of sulfonamides is 1. The van der Waals surface area contributed by atoms with Gasteiger partial charge in [0.15, 0.2) is 0 Å². The Balaban J connectivity index is 2.69. The highest BCUT2D eigenvalue weighted by Gasteiger charge is 2.34. The Morgan fingerprint density at radius 3 is 2.30 bits per heavy atom. The molecule has 0 amide bonds. The van der Waals surface area contributed by atoms with Gasteiger partial charge in [-0.2, -0.15) is 9.98 Å². The number of methoxy groups -OCH3 is 1. The van der Waals surface area contributed by atoms with Crippen molar-refractivity contribution in [3.05, 3.63) is 0 Å². The van der Waals surface area contributed by atoms with Crippen molar-refractivity contribution in [2.75, 3.05) is 12.9 Å². The van der Waals surface area contributed by atoms with Crippen molar-refractivity contribution in [3.63, 3.8) is 0 Å². The van der Waals surface area contributed by atoms with E-state index in [0.717, 1.165) is 32.1 Å². The first-order valence-corrected chi connectivity index (χ1v) is 8.58. The molecule has 0 saturated heterocycles. The summed E-state index contributed by atoms with van der Waals surface area (Å²) in [4.78, 5) is 11.0. The van der Waals surface area contributed by atoms with Gasteiger partial charge < -0.3 is 4.74 Å². The fraction of sp³-hybridized carbons (Fsp3) is 0.846. The van der Waals surface area contributed by atoms with Crippen LogP contribution in [-0.2, 0) is 19.6 Å². The van der Waals surface area contributed by atoms with Gasteiger partial charge in [0.1, 0.15) is 5.54 Å². The third-order valence-electron chi connectivity index (χ3n) is 3.57. The predicted octanol–water partition coefficient (Wildman–Crippen LogP) is 1.48. The van der Waals surface area contributed by atoms with Gasteiger partial charge in [-0.05, 0) is 12.8 Å². The lowest BCUT2D eigenvalue weighted by Gasteiger charge is -2.29. The van der Waals surface area contributed by atoms with Crippen LogP contribution >= 0.6 is 0 Å². The molecule has 0 spiro atoms. The Hall–Kier alpha value is -1.13. The lowest BCUT2D eigenvalue weighted by molar-refractivity contribution is -0.140. The van der Waals surface area contributed by atoms with Gasteiger partial charge in [0, 0.05) is 0 Å². The Morgan fingerprint density at radius 2 is 1.80 bits per heavy atom. The summed E-state index contributed by atoms with van der Waals surface area (Å²) in [5.74, 6) is -0.914. The van der Waals surface area contributed by atoms with Gasteiger partial charge in [0.25, 0.3) is 0 Å². The van der Waals surface area contributed by atoms with Crippen molar-refractivity contribution >= 4 is 16.0 Å². The summed E-state index contributed by atoms with van der Waals surface area (Å²) in [7, 11) is -2.44. The lowest BCUT2D eigenvalue weighted by Crippen LogP contribution is -2.48. The third kappa shape index (κ3) is 5.47. The monoisotopic (exact) mass is 302 g/mol. The molecule has 20 heavy (non-hydrogen) atoms. The van der Waals surface area contributed by atoms with E-state index in [1.54, 1.807) is 0 Å². The van der Waals surface area contributed by atoms with E-state index in [1.807, 2.05) is 0 Å². The van der Waals surface area contributed by atoms with E-state index in [0.29, 0.717) is 12.8 Å². The summed E-state index contributed by atoms with van der Waals surface area (Å²) in [6.07, 6.45) is 5.71. The number of carbonyl (C=O) groups excluding carboxylic acids is 1. The number of nitrogens with zero attached hydrogens (tertiary/aromatic N) is 1. The quantitative estimate of drug-likeness (QED) is 0.776. The summed E-state index contributed by atoms with van der Waals surface area (Å²) in [5, 5.41) is 9.38. The van der Waals surface area contributed by atoms with Crippen LogP contribution < -0.4 is 4.72 Å². The van der Waals surface area contributed by atoms with Crippen LogP contribution in [0.25, 0.3) is 0 Å². The largest absolute Gasteiger partial charge is 0.469 e. The maximum Gasteiger partial charge on any atom is 0.306 e. The molecule has 0 heterocycles. The SMILES string of the molecule is COC(=O)CCS(=O)(=O)NC1(C#N)CCCCCCC1. The van der Waals surface area contributed by atoms with Crippen LogP contribution in [0.15, 0.2) is 0 Å². The third-order valence-corrected chi connectivity index (χ3v) is 5.02. The van der Waals surface area contributed by atoms with Crippen LogP contribution in [0.4, 0.5) is 0 Å². The normalized spacial score (nSPS) is 19.4. The number of rotatable bonds is 5. The second-order valence-electron chi connectivity index (χ2n) is 5.21. The molecule has 1 saturated carbocycles. The van der Waals surface area contributed by atoms with Gasteiger partial charge in [0.05, 0.1) is 25.4 Å². The smallest absolute Gasteiger partial charge is 0.306 e. The zero-order valence-corrected chi connectivity index (χ0v) is 12.7. The van der Waals surface area contributed by atoms with Gasteiger partial charge in [-0.15, -0.1) is 0 Å². The van der Waals surface area contributed by atoms with Crippen molar-refractivity contribution in [2.24, 2.45) is 0 Å². The number of hydrogen-bond donors (Lipinski definition) is 1. The standard InChI is InChI=1S/C13H22N2O4S/c1-19-12(16)7-10-20(17,18)15-13(11-14)8-5-3-2-4-6-9-13/h15H,2-10H2,1H3. The predicted molar refractivity (Wildman–Crippen MR) is 74.2 cm³/mol. The average molecular weight is 302 g/mol. The fourth-order valence-corrected chi connectivity index (χ4v) is 3.80. The summed E-state index contributed by atoms with van der Waals surface area (Å²) in [5.41, 5.74) is -1.02. The Kier molecular flexibility index (Phi) is 6.43. The van der Waals surface area contributed by atoms with Crippen LogP contribution in [0.2, 0.25) is 0 Å². The van der Waals surface area contributed by atoms with Crippen LogP contribution in [0.3, 0.4) is 0 Å². The Morgan fingerprint density at radius 1 is 1.25 bits per heavy atom. The second-order valence-corrected chi connectivity index (χ2v) is 7.05. The molecule has 0 aromatic carbocycles. The molecule has 6 nitrogen and oxygen atoms in total. The number of hydrogen-bond acceptors (Lipinski definition) is 5. The van der Waals surface area contributed by atoms with Crippen molar-refractivity contribution in [3.8, 4) is 6.07 Å². The van der Waals surface area contributed by atoms with Crippen molar-refractivity contribution in [2.45, 2.75) is 56.9 Å². The van der Waals surface area contributed by atoms with Crippen LogP contribution in [0.5, 0.6) is 0 Å². The number of carbonyl (C=O) groups is 1. The minimum absolute atomic E-state index is 0.201. The summed E-state index contributed by atoms with van der Waals surface area (Å²) in [6, 6.07) is 2.14. The summed E-state index contributed by atoms with van der Waals surface area (Å²) in [6.45, 7) is 0. The number of ether oxygens (including phenoxy) is 1. The highest BCUT2D eigenvalue weighted by atomic mass is 32.2. The molecule has 1 aliphatic carbocycles. The van der Waals surface area contributed by atoms with Crippen LogP contribution in [0, 0.1) is 11.3 Å². The van der Waals surface area contributed by atoms with Gasteiger partial charge in [-0.3, -0.25) is 4.79 Å². The van der Waals surface area contributed by atoms with E-state index in [9.17, 15) is 18.5 Å². The van der Waals surface area contributed by atoms with E-state index < -0.39 is 21.5 Å². The molecule has 0 aliphatic heterocycles. The second kappa shape index (κ2) is 7.60. The molecule has 1 rings (SSSR count). The minimum atomic E-state index is -3.66. The highest BCUT2D eigenvalue weighted by Crippen LogP contribution is 2.26. The Bertz CT molecular complexity index is 459. The molecule has 1 fully saturated rings. The molecule has 114 valence electrons. The van der Waals surface area contributed by atoms with Crippen LogP contribution in [-0.4, -0.2) is 32.8 Å². The van der Waals surface area contributed by atoms with Crippen molar-refractivity contribution in [1.82, 2.24) is 4.72 Å². The zero-order valence-electron chi connectivity index (χ0n) is 11.9. The maximum absolute atomic E-state index is 12.0. The molecule has 0 bridgehead atoms. The first kappa shape index (κ1) is 16.9. The topological polar surface area (TPSA) is 96.3 Å². The first-order valence-electron chi connectivity index (χ1n) is 6.93. The highest BCUT2D eigenvalue weighted by molar-refractivity contribution is 7.89. The molecule has 0 atom stereocenters. The molecule has 1 aliphatic rings. The number of nitriles is 1.